The summed E-state index contributed by atoms with van der Waals surface area (Å²) >= 11 is 6.56. The van der Waals surface area contributed by atoms with Crippen LogP contribution in [0.15, 0.2) is 0 Å². The second-order valence-electron chi connectivity index (χ2n) is 0.0452. The summed E-state index contributed by atoms with van der Waals surface area (Å²) in [4.78, 5) is 0. The molecule has 2 nitrogen and oxygen atoms in total. The van der Waals surface area contributed by atoms with E-state index in [9.17, 15) is 0 Å². The van der Waals surface area contributed by atoms with Gasteiger partial charge in [-0.15, -0.1) is 0 Å². The Labute approximate surface area is 81.0 Å². The van der Waals surface area contributed by atoms with Crippen LogP contribution < -0.4 is 0 Å². The third-order valence-corrected chi connectivity index (χ3v) is 0. The van der Waals surface area contributed by atoms with Gasteiger partial charge in [-0.2, -0.15) is 14.1 Å². The van der Waals surface area contributed by atoms with E-state index in [1.54, 1.807) is 0 Å². The predicted molar refractivity (Wildman–Crippen MR) is 51.2 cm³/mol. The average molecular weight is 445 g/mol. The summed E-state index contributed by atoms with van der Waals surface area (Å²) in [6.07, 6.45) is 0. The molecule has 0 saturated heterocycles. The molecule has 0 aliphatic carbocycles. The molecule has 68 valence electrons. The third kappa shape index (κ3) is 223. The largest absolute Gasteiger partial charge is 0.358 e. The first-order valence-electron chi connectivity index (χ1n) is 1.24. The van der Waals surface area contributed by atoms with E-state index in [0.717, 1.165) is 0 Å². The van der Waals surface area contributed by atoms with Gasteiger partial charge in [0.25, 0.3) is 0 Å². The van der Waals surface area contributed by atoms with Crippen molar-refractivity contribution in [3.63, 3.8) is 0 Å². The molecule has 0 aromatic rings. The molecule has 0 aliphatic rings. The number of nitrogens with one attached hydrogen (secondary N) is 2. The maximum Gasteiger partial charge on any atom is -0.358 e. The summed E-state index contributed by atoms with van der Waals surface area (Å²) in [5, 5.41) is 0. The number of rotatable bonds is 0. The molecule has 0 rings (SSSR count). The summed E-state index contributed by atoms with van der Waals surface area (Å²) in [7, 11) is 2.50. The van der Waals surface area contributed by atoms with Gasteiger partial charge >= 0.3 is 41.0 Å². The fourth-order valence-corrected chi connectivity index (χ4v) is 0. The van der Waals surface area contributed by atoms with Crippen LogP contribution in [0.4, 0.5) is 0 Å². The van der Waals surface area contributed by atoms with Crippen molar-refractivity contribution in [2.75, 3.05) is 14.1 Å². The molecule has 0 saturated carbocycles. The van der Waals surface area contributed by atoms with Crippen molar-refractivity contribution in [1.82, 2.24) is 0 Å². The van der Waals surface area contributed by atoms with Crippen molar-refractivity contribution in [2.24, 2.45) is 0 Å². The van der Waals surface area contributed by atoms with E-state index in [4.69, 9.17) is 11.5 Å². The molecule has 0 heterocycles. The Morgan fingerprint density at radius 2 is 0.889 bits per heavy atom. The number of hydrogen-bond acceptors (Lipinski definition) is 0. The Bertz CT molecular complexity index is 16.5. The smallest absolute Gasteiger partial charge is 0.358 e. The zero-order chi connectivity index (χ0) is 6.71. The minimum Gasteiger partial charge on any atom is -0.358 e. The van der Waals surface area contributed by atoms with E-state index < -0.39 is 0 Å². The van der Waals surface area contributed by atoms with Gasteiger partial charge in [0.05, 0.1) is 0 Å². The maximum absolute atomic E-state index is 5.75. The molecule has 2 N–H and O–H groups in total. The zero-order valence-corrected chi connectivity index (χ0v) is 11.5. The molecule has 5 heteroatoms. The van der Waals surface area contributed by atoms with Crippen LogP contribution in [0.3, 0.4) is 0 Å². The monoisotopic (exact) mass is 443 g/mol. The zero-order valence-electron chi connectivity index (χ0n) is 6.07. The number of hydrogen-bond donors (Lipinski definition) is 0. The van der Waals surface area contributed by atoms with Gasteiger partial charge in [-0.25, -0.2) is 0 Å². The predicted octanol–water partition coefficient (Wildman–Crippen LogP) is 3.93. The van der Waals surface area contributed by atoms with Gasteiger partial charge in [-0.3, -0.25) is 0 Å². The average Bonchev–Trinajstić information content (AvgIpc) is 1.78. The van der Waals surface area contributed by atoms with Gasteiger partial charge < -0.3 is 26.3 Å². The Balaban J connectivity index is -0.00000000825. The maximum atomic E-state index is 5.75. The normalized spacial score (nSPS) is 3.78. The van der Waals surface area contributed by atoms with Crippen molar-refractivity contribution in [1.29, 1.82) is 0 Å². The summed E-state index contributed by atoms with van der Waals surface area (Å²) < 4.78 is 0. The molecular weight excluding hydrogens is 431 g/mol. The van der Waals surface area contributed by atoms with Gasteiger partial charge in [-0.05, 0) is 0 Å². The molecule has 0 atom stereocenters. The van der Waals surface area contributed by atoms with Gasteiger partial charge in [0.15, 0.2) is 0 Å². The third-order valence-electron chi connectivity index (χ3n) is 0. The molecule has 9 heavy (non-hydrogen) atoms. The summed E-state index contributed by atoms with van der Waals surface area (Å²) in [5.41, 5.74) is 11.5. The second-order valence-corrected chi connectivity index (χ2v) is 9.98. The van der Waals surface area contributed by atoms with E-state index in [-0.39, 0.29) is 29.3 Å². The number of halogens is 2. The van der Waals surface area contributed by atoms with E-state index in [1.807, 2.05) is 0 Å². The first-order valence-corrected chi connectivity index (χ1v) is 11.2. The van der Waals surface area contributed by atoms with Crippen LogP contribution in [0.25, 0.3) is 11.5 Å². The van der Waals surface area contributed by atoms with Crippen LogP contribution in [-0.2, 0) is 14.5 Å². The van der Waals surface area contributed by atoms with Crippen LogP contribution >= 0.6 is 26.6 Å². The van der Waals surface area contributed by atoms with Crippen molar-refractivity contribution in [2.45, 2.75) is 0 Å². The van der Waals surface area contributed by atoms with E-state index in [0.29, 0.717) is 0 Å². The van der Waals surface area contributed by atoms with E-state index in [1.165, 1.54) is 14.1 Å². The van der Waals surface area contributed by atoms with Crippen LogP contribution in [0.1, 0.15) is 0 Å². The quantitative estimate of drug-likeness (QED) is 0.508. The summed E-state index contributed by atoms with van der Waals surface area (Å²) in [6, 6.07) is 0. The Hall–Kier alpha value is 1.57. The van der Waals surface area contributed by atoms with Crippen LogP contribution in [0, 0.1) is 14.9 Å². The molecule has 0 fully saturated rings. The topological polar surface area (TPSA) is 47.6 Å². The summed E-state index contributed by atoms with van der Waals surface area (Å²) in [5.74, 6) is 0. The fourth-order valence-electron chi connectivity index (χ4n) is 0. The Kier molecular flexibility index (Phi) is 369. The molecule has 0 spiro atoms. The van der Waals surface area contributed by atoms with Crippen LogP contribution in [0.2, 0.25) is 0 Å². The van der Waals surface area contributed by atoms with Crippen molar-refractivity contribution >= 4 is 26.6 Å². The van der Waals surface area contributed by atoms with E-state index in [2.05, 4.69) is 26.6 Å². The minimum atomic E-state index is 0. The van der Waals surface area contributed by atoms with Crippen LogP contribution in [0.5, 0.6) is 0 Å². The van der Waals surface area contributed by atoms with Gasteiger partial charge in [-0.1, -0.05) is 0 Å². The van der Waals surface area contributed by atoms with Crippen LogP contribution in [-0.4, -0.2) is 14.1 Å². The van der Waals surface area contributed by atoms with Crippen molar-refractivity contribution in [3.8, 4) is 0 Å². The SMILES string of the molecule is C[NH-].C[NH-].[Br][Pt][Br].[CH3-].[CH3-]. The van der Waals surface area contributed by atoms with Crippen molar-refractivity contribution in [3.05, 3.63) is 26.3 Å². The molecule has 0 radical (unpaired) electrons. The standard InChI is InChI=1S/2CH4N.2CH3.2BrH.Pt/c2*1-2;;;;;/h2*2H,1H3;2*1H3;2*1H;/q4*-1;;;+2/p-2. The molecule has 0 amide bonds. The molecular formula is C4H14Br2N2Pt-4. The molecule has 0 aromatic heterocycles. The Morgan fingerprint density at radius 1 is 0.889 bits per heavy atom. The minimum absolute atomic E-state index is 0. The second kappa shape index (κ2) is 106. The van der Waals surface area contributed by atoms with Gasteiger partial charge in [0.1, 0.15) is 0 Å². The first-order chi connectivity index (χ1) is 3.41. The van der Waals surface area contributed by atoms with Crippen molar-refractivity contribution < 1.29 is 14.5 Å². The molecule has 0 aromatic carbocycles. The summed E-state index contributed by atoms with van der Waals surface area (Å²) in [6.45, 7) is 0. The molecule has 0 aliphatic heterocycles. The fraction of sp³-hybridized carbons (Fsp3) is 0.500. The Morgan fingerprint density at radius 3 is 0.889 bits per heavy atom. The molecule has 0 unspecified atom stereocenters. The van der Waals surface area contributed by atoms with Gasteiger partial charge in [0, 0.05) is 0 Å². The van der Waals surface area contributed by atoms with Gasteiger partial charge in [0.2, 0.25) is 0 Å². The van der Waals surface area contributed by atoms with E-state index >= 15 is 0 Å². The molecule has 0 bridgehead atoms. The first kappa shape index (κ1) is 31.2.